The predicted molar refractivity (Wildman–Crippen MR) is 96.2 cm³/mol. The highest BCUT2D eigenvalue weighted by atomic mass is 35.5. The van der Waals surface area contributed by atoms with Gasteiger partial charge >= 0.3 is 6.18 Å². The van der Waals surface area contributed by atoms with E-state index in [-0.39, 0.29) is 22.5 Å². The number of hydrogen-bond acceptors (Lipinski definition) is 5. The molecule has 9 heteroatoms. The molecule has 3 aromatic rings. The Balaban J connectivity index is 1.81. The molecule has 0 saturated heterocycles. The first kappa shape index (κ1) is 18.5. The number of hydrogen-bond donors (Lipinski definition) is 2. The number of rotatable bonds is 4. The van der Waals surface area contributed by atoms with Crippen molar-refractivity contribution in [1.29, 1.82) is 5.26 Å². The van der Waals surface area contributed by atoms with Gasteiger partial charge in [0.25, 0.3) is 0 Å². The lowest BCUT2D eigenvalue weighted by atomic mass is 10.2. The highest BCUT2D eigenvalue weighted by Crippen LogP contribution is 2.34. The van der Waals surface area contributed by atoms with E-state index in [1.165, 1.54) is 18.3 Å². The van der Waals surface area contributed by atoms with Gasteiger partial charge in [0, 0.05) is 11.9 Å². The summed E-state index contributed by atoms with van der Waals surface area (Å²) in [5.74, 6) is 0.496. The maximum atomic E-state index is 12.9. The van der Waals surface area contributed by atoms with E-state index in [9.17, 15) is 13.2 Å². The van der Waals surface area contributed by atoms with Crippen molar-refractivity contribution >= 4 is 34.7 Å². The van der Waals surface area contributed by atoms with Crippen LogP contribution in [0, 0.1) is 11.3 Å². The lowest BCUT2D eigenvalue weighted by Gasteiger charge is -2.12. The summed E-state index contributed by atoms with van der Waals surface area (Å²) < 4.78 is 38.6. The zero-order valence-electron chi connectivity index (χ0n) is 13.5. The molecule has 3 rings (SSSR count). The number of benzene rings is 2. The molecule has 0 atom stereocenters. The fourth-order valence-electron chi connectivity index (χ4n) is 2.18. The van der Waals surface area contributed by atoms with Crippen LogP contribution in [-0.2, 0) is 6.18 Å². The van der Waals surface area contributed by atoms with Crippen molar-refractivity contribution in [3.8, 4) is 6.07 Å². The Morgan fingerprint density at radius 3 is 2.41 bits per heavy atom. The predicted octanol–water partition coefficient (Wildman–Crippen LogP) is 5.51. The molecule has 0 aliphatic heterocycles. The minimum Gasteiger partial charge on any atom is -0.339 e. The van der Waals surface area contributed by atoms with Crippen molar-refractivity contribution in [3.63, 3.8) is 0 Å². The smallest absolute Gasteiger partial charge is 0.339 e. The van der Waals surface area contributed by atoms with Crippen molar-refractivity contribution in [2.45, 2.75) is 6.18 Å². The zero-order valence-corrected chi connectivity index (χ0v) is 14.3. The molecule has 0 fully saturated rings. The fourth-order valence-corrected chi connectivity index (χ4v) is 2.35. The molecule has 1 heterocycles. The first-order chi connectivity index (χ1) is 12.8. The maximum absolute atomic E-state index is 12.9. The van der Waals surface area contributed by atoms with Gasteiger partial charge in [0.2, 0.25) is 5.95 Å². The third-order valence-corrected chi connectivity index (χ3v) is 3.81. The topological polar surface area (TPSA) is 73.6 Å². The van der Waals surface area contributed by atoms with Gasteiger partial charge < -0.3 is 10.6 Å². The largest absolute Gasteiger partial charge is 0.416 e. The van der Waals surface area contributed by atoms with E-state index in [1.54, 1.807) is 24.3 Å². The zero-order chi connectivity index (χ0) is 19.4. The molecule has 0 saturated carbocycles. The lowest BCUT2D eigenvalue weighted by molar-refractivity contribution is -0.137. The van der Waals surface area contributed by atoms with Crippen LogP contribution < -0.4 is 10.6 Å². The molecule has 5 nitrogen and oxygen atoms in total. The van der Waals surface area contributed by atoms with Gasteiger partial charge in [-0.2, -0.15) is 23.4 Å². The second-order valence-corrected chi connectivity index (χ2v) is 5.80. The Labute approximate surface area is 157 Å². The monoisotopic (exact) mass is 389 g/mol. The van der Waals surface area contributed by atoms with Crippen LogP contribution in [0.15, 0.2) is 54.7 Å². The third-order valence-electron chi connectivity index (χ3n) is 3.48. The van der Waals surface area contributed by atoms with Crippen LogP contribution in [0.3, 0.4) is 0 Å². The van der Waals surface area contributed by atoms with E-state index in [0.29, 0.717) is 11.3 Å². The average Bonchev–Trinajstić information content (AvgIpc) is 2.63. The SMILES string of the molecule is N#Cc1ccc(Nc2nccc(Nc3cc(C(F)(F)F)ccc3Cl)n2)cc1. The molecule has 0 aliphatic carbocycles. The summed E-state index contributed by atoms with van der Waals surface area (Å²) in [5.41, 5.74) is 0.424. The number of nitriles is 1. The lowest BCUT2D eigenvalue weighted by Crippen LogP contribution is -2.06. The first-order valence-corrected chi connectivity index (χ1v) is 7.97. The Morgan fingerprint density at radius 2 is 1.74 bits per heavy atom. The maximum Gasteiger partial charge on any atom is 0.416 e. The molecule has 0 spiro atoms. The van der Waals surface area contributed by atoms with Gasteiger partial charge in [0.05, 0.1) is 27.9 Å². The molecule has 0 aliphatic rings. The normalized spacial score (nSPS) is 10.9. The van der Waals surface area contributed by atoms with Crippen LogP contribution in [0.4, 0.5) is 36.3 Å². The van der Waals surface area contributed by atoms with E-state index in [0.717, 1.165) is 12.1 Å². The summed E-state index contributed by atoms with van der Waals surface area (Å²) in [6, 6.07) is 13.1. The minimum absolute atomic E-state index is 0.0783. The summed E-state index contributed by atoms with van der Waals surface area (Å²) in [5, 5.41) is 14.6. The van der Waals surface area contributed by atoms with Gasteiger partial charge in [-0.3, -0.25) is 0 Å². The number of alkyl halides is 3. The van der Waals surface area contributed by atoms with Crippen LogP contribution >= 0.6 is 11.6 Å². The number of anilines is 4. The van der Waals surface area contributed by atoms with E-state index >= 15 is 0 Å². The van der Waals surface area contributed by atoms with E-state index < -0.39 is 11.7 Å². The van der Waals surface area contributed by atoms with Crippen LogP contribution in [0.1, 0.15) is 11.1 Å². The Kier molecular flexibility index (Phi) is 5.14. The number of nitrogens with zero attached hydrogens (tertiary/aromatic N) is 3. The molecule has 0 bridgehead atoms. The summed E-state index contributed by atoms with van der Waals surface area (Å²) in [6.45, 7) is 0. The number of nitrogens with one attached hydrogen (secondary N) is 2. The van der Waals surface area contributed by atoms with Crippen molar-refractivity contribution in [3.05, 3.63) is 70.9 Å². The van der Waals surface area contributed by atoms with Gasteiger partial charge in [0.15, 0.2) is 0 Å². The molecule has 0 amide bonds. The van der Waals surface area contributed by atoms with Crippen molar-refractivity contribution in [2.75, 3.05) is 10.6 Å². The highest BCUT2D eigenvalue weighted by molar-refractivity contribution is 6.33. The second kappa shape index (κ2) is 7.51. The summed E-state index contributed by atoms with van der Waals surface area (Å²) in [4.78, 5) is 8.26. The van der Waals surface area contributed by atoms with Crippen molar-refractivity contribution in [1.82, 2.24) is 9.97 Å². The van der Waals surface area contributed by atoms with Gasteiger partial charge in [-0.05, 0) is 48.5 Å². The third kappa shape index (κ3) is 4.65. The second-order valence-electron chi connectivity index (χ2n) is 5.40. The molecule has 27 heavy (non-hydrogen) atoms. The Hall–Kier alpha value is -3.31. The van der Waals surface area contributed by atoms with Gasteiger partial charge in [-0.1, -0.05) is 11.6 Å². The molecule has 2 aromatic carbocycles. The molecular weight excluding hydrogens is 379 g/mol. The Bertz CT molecular complexity index is 997. The molecule has 2 N–H and O–H groups in total. The molecule has 0 unspecified atom stereocenters. The standard InChI is InChI=1S/C18H11ClF3N5/c19-14-6-3-12(18(20,21)22)9-15(14)26-16-7-8-24-17(27-16)25-13-4-1-11(10-23)2-5-13/h1-9H,(H2,24,25,26,27). The van der Waals surface area contributed by atoms with Crippen molar-refractivity contribution in [2.24, 2.45) is 0 Å². The van der Waals surface area contributed by atoms with Crippen LogP contribution in [0.2, 0.25) is 5.02 Å². The molecule has 0 radical (unpaired) electrons. The molecule has 136 valence electrons. The van der Waals surface area contributed by atoms with Gasteiger partial charge in [-0.25, -0.2) is 4.98 Å². The fraction of sp³-hybridized carbons (Fsp3) is 0.0556. The highest BCUT2D eigenvalue weighted by Gasteiger charge is 2.31. The van der Waals surface area contributed by atoms with Gasteiger partial charge in [-0.15, -0.1) is 0 Å². The van der Waals surface area contributed by atoms with Crippen LogP contribution in [0.5, 0.6) is 0 Å². The number of halogens is 4. The van der Waals surface area contributed by atoms with Crippen molar-refractivity contribution < 1.29 is 13.2 Å². The summed E-state index contributed by atoms with van der Waals surface area (Å²) in [7, 11) is 0. The molecular formula is C18H11ClF3N5. The van der Waals surface area contributed by atoms with E-state index in [1.807, 2.05) is 6.07 Å². The minimum atomic E-state index is -4.48. The van der Waals surface area contributed by atoms with Crippen LogP contribution in [0.25, 0.3) is 0 Å². The average molecular weight is 390 g/mol. The number of aromatic nitrogens is 2. The Morgan fingerprint density at radius 1 is 1.00 bits per heavy atom. The summed E-state index contributed by atoms with van der Waals surface area (Å²) in [6.07, 6.45) is -3.03. The van der Waals surface area contributed by atoms with Gasteiger partial charge in [0.1, 0.15) is 5.82 Å². The van der Waals surface area contributed by atoms with Crippen LogP contribution in [-0.4, -0.2) is 9.97 Å². The molecule has 1 aromatic heterocycles. The van der Waals surface area contributed by atoms with E-state index in [4.69, 9.17) is 16.9 Å². The quantitative estimate of drug-likeness (QED) is 0.615. The van der Waals surface area contributed by atoms with E-state index in [2.05, 4.69) is 20.6 Å². The first-order valence-electron chi connectivity index (χ1n) is 7.59. The summed E-state index contributed by atoms with van der Waals surface area (Å²) >= 11 is 5.98.